The third-order valence-electron chi connectivity index (χ3n) is 4.27. The summed E-state index contributed by atoms with van der Waals surface area (Å²) in [5.74, 6) is -0.0246. The number of anilines is 1. The van der Waals surface area contributed by atoms with Crippen LogP contribution in [0.3, 0.4) is 0 Å². The zero-order valence-electron chi connectivity index (χ0n) is 13.1. The van der Waals surface area contributed by atoms with Crippen LogP contribution in [0.25, 0.3) is 0 Å². The molecule has 4 nitrogen and oxygen atoms in total. The third-order valence-corrected chi connectivity index (χ3v) is 4.27. The Balaban J connectivity index is 2.31. The van der Waals surface area contributed by atoms with Gasteiger partial charge in [0.05, 0.1) is 5.56 Å². The van der Waals surface area contributed by atoms with Crippen LogP contribution in [-0.4, -0.2) is 28.6 Å². The number of carboxylic acids is 1. The van der Waals surface area contributed by atoms with E-state index in [9.17, 15) is 9.90 Å². The number of carbonyl (C=O) groups is 1. The highest BCUT2D eigenvalue weighted by molar-refractivity contribution is 5.88. The van der Waals surface area contributed by atoms with Crippen molar-refractivity contribution in [2.45, 2.75) is 64.8 Å². The minimum atomic E-state index is -0.865. The summed E-state index contributed by atoms with van der Waals surface area (Å²) < 4.78 is 0. The summed E-state index contributed by atoms with van der Waals surface area (Å²) in [4.78, 5) is 18.4. The quantitative estimate of drug-likeness (QED) is 0.863. The molecule has 1 aromatic rings. The van der Waals surface area contributed by atoms with Crippen molar-refractivity contribution in [2.75, 3.05) is 11.4 Å². The number of hydrogen-bond acceptors (Lipinski definition) is 3. The predicted octanol–water partition coefficient (Wildman–Crippen LogP) is 3.89. The van der Waals surface area contributed by atoms with Gasteiger partial charge in [-0.3, -0.25) is 0 Å². The number of pyridine rings is 1. The van der Waals surface area contributed by atoms with E-state index in [1.54, 1.807) is 12.1 Å². The molecule has 4 heteroatoms. The predicted molar refractivity (Wildman–Crippen MR) is 85.1 cm³/mol. The van der Waals surface area contributed by atoms with Crippen molar-refractivity contribution in [1.29, 1.82) is 0 Å². The van der Waals surface area contributed by atoms with E-state index in [4.69, 9.17) is 4.98 Å². The van der Waals surface area contributed by atoms with Gasteiger partial charge >= 0.3 is 5.97 Å². The fourth-order valence-electron chi connectivity index (χ4n) is 3.23. The van der Waals surface area contributed by atoms with Gasteiger partial charge < -0.3 is 10.0 Å². The molecular formula is C17H26N2O2. The van der Waals surface area contributed by atoms with Gasteiger partial charge in [-0.1, -0.05) is 32.6 Å². The second-order valence-corrected chi connectivity index (χ2v) is 5.84. The first kappa shape index (κ1) is 15.8. The molecule has 1 heterocycles. The molecule has 0 bridgehead atoms. The molecule has 1 saturated carbocycles. The Bertz CT molecular complexity index is 482. The maximum Gasteiger partial charge on any atom is 0.335 e. The van der Waals surface area contributed by atoms with Crippen molar-refractivity contribution >= 4 is 11.8 Å². The number of aromatic carboxylic acids is 1. The lowest BCUT2D eigenvalue weighted by Crippen LogP contribution is -2.37. The molecular weight excluding hydrogens is 264 g/mol. The van der Waals surface area contributed by atoms with Gasteiger partial charge in [-0.25, -0.2) is 9.78 Å². The van der Waals surface area contributed by atoms with E-state index in [2.05, 4.69) is 18.7 Å². The Morgan fingerprint density at radius 3 is 2.57 bits per heavy atom. The third kappa shape index (κ3) is 3.96. The number of carboxylic acid groups (broad SMARTS) is 1. The highest BCUT2D eigenvalue weighted by atomic mass is 16.4. The summed E-state index contributed by atoms with van der Waals surface area (Å²) in [5, 5.41) is 9.32. The largest absolute Gasteiger partial charge is 0.478 e. The van der Waals surface area contributed by atoms with Crippen LogP contribution in [-0.2, 0) is 6.42 Å². The van der Waals surface area contributed by atoms with Crippen LogP contribution in [0.15, 0.2) is 12.1 Å². The number of rotatable bonds is 6. The summed E-state index contributed by atoms with van der Waals surface area (Å²) in [7, 11) is 0. The molecule has 0 aliphatic heterocycles. The Labute approximate surface area is 127 Å². The summed E-state index contributed by atoms with van der Waals surface area (Å²) >= 11 is 0. The normalized spacial score (nSPS) is 15.9. The summed E-state index contributed by atoms with van der Waals surface area (Å²) in [6, 6.07) is 3.96. The monoisotopic (exact) mass is 290 g/mol. The molecule has 0 aromatic carbocycles. The zero-order chi connectivity index (χ0) is 15.2. The average Bonchev–Trinajstić information content (AvgIpc) is 2.49. The fraction of sp³-hybridized carbons (Fsp3) is 0.647. The van der Waals surface area contributed by atoms with Gasteiger partial charge in [0.25, 0.3) is 0 Å². The fourth-order valence-corrected chi connectivity index (χ4v) is 3.23. The van der Waals surface area contributed by atoms with Crippen molar-refractivity contribution in [3.63, 3.8) is 0 Å². The van der Waals surface area contributed by atoms with Crippen LogP contribution < -0.4 is 4.90 Å². The van der Waals surface area contributed by atoms with Gasteiger partial charge in [0.1, 0.15) is 5.82 Å². The average molecular weight is 290 g/mol. The Morgan fingerprint density at radius 1 is 1.29 bits per heavy atom. The van der Waals surface area contributed by atoms with Gasteiger partial charge in [-0.15, -0.1) is 0 Å². The van der Waals surface area contributed by atoms with Crippen molar-refractivity contribution in [3.05, 3.63) is 23.4 Å². The maximum atomic E-state index is 11.4. The molecule has 1 aromatic heterocycles. The highest BCUT2D eigenvalue weighted by Gasteiger charge is 2.22. The minimum Gasteiger partial charge on any atom is -0.478 e. The van der Waals surface area contributed by atoms with E-state index in [-0.39, 0.29) is 0 Å². The van der Waals surface area contributed by atoms with Crippen LogP contribution in [0, 0.1) is 0 Å². The zero-order valence-corrected chi connectivity index (χ0v) is 13.1. The standard InChI is InChI=1S/C17H26N2O2/c1-3-8-14-11-13(17(20)21)12-16(18-14)19(4-2)15-9-6-5-7-10-15/h11-12,15H,3-10H2,1-2H3,(H,20,21). The maximum absolute atomic E-state index is 11.4. The van der Waals surface area contributed by atoms with Gasteiger partial charge in [-0.2, -0.15) is 0 Å². The number of aromatic nitrogens is 1. The van der Waals surface area contributed by atoms with Crippen LogP contribution >= 0.6 is 0 Å². The SMILES string of the molecule is CCCc1cc(C(=O)O)cc(N(CC)C2CCCCC2)n1. The van der Waals surface area contributed by atoms with Gasteiger partial charge in [0.2, 0.25) is 0 Å². The first-order valence-corrected chi connectivity index (χ1v) is 8.16. The molecule has 0 saturated heterocycles. The molecule has 1 fully saturated rings. The van der Waals surface area contributed by atoms with Gasteiger partial charge in [0, 0.05) is 18.3 Å². The molecule has 116 valence electrons. The molecule has 0 spiro atoms. The van der Waals surface area contributed by atoms with Crippen molar-refractivity contribution in [1.82, 2.24) is 4.98 Å². The minimum absolute atomic E-state index is 0.359. The molecule has 21 heavy (non-hydrogen) atoms. The van der Waals surface area contributed by atoms with Crippen LogP contribution in [0.1, 0.15) is 68.4 Å². The van der Waals surface area contributed by atoms with E-state index in [0.717, 1.165) is 30.9 Å². The van der Waals surface area contributed by atoms with Crippen molar-refractivity contribution in [3.8, 4) is 0 Å². The van der Waals surface area contributed by atoms with Crippen molar-refractivity contribution in [2.24, 2.45) is 0 Å². The van der Waals surface area contributed by atoms with E-state index < -0.39 is 5.97 Å². The molecule has 0 radical (unpaired) electrons. The molecule has 1 aliphatic carbocycles. The molecule has 0 amide bonds. The van der Waals surface area contributed by atoms with E-state index in [1.165, 1.54) is 32.1 Å². The number of aryl methyl sites for hydroxylation is 1. The summed E-state index contributed by atoms with van der Waals surface area (Å²) in [6.45, 7) is 5.10. The van der Waals surface area contributed by atoms with Crippen LogP contribution in [0.2, 0.25) is 0 Å². The summed E-state index contributed by atoms with van der Waals surface area (Å²) in [5.41, 5.74) is 1.25. The lowest BCUT2D eigenvalue weighted by molar-refractivity contribution is 0.0696. The van der Waals surface area contributed by atoms with Crippen molar-refractivity contribution < 1.29 is 9.90 Å². The van der Waals surface area contributed by atoms with Gasteiger partial charge in [-0.05, 0) is 38.3 Å². The summed E-state index contributed by atoms with van der Waals surface area (Å²) in [6.07, 6.45) is 8.04. The molecule has 0 unspecified atom stereocenters. The second-order valence-electron chi connectivity index (χ2n) is 5.84. The Kier molecular flexibility index (Phi) is 5.59. The van der Waals surface area contributed by atoms with Crippen LogP contribution in [0.4, 0.5) is 5.82 Å². The first-order chi connectivity index (χ1) is 10.2. The number of nitrogens with zero attached hydrogens (tertiary/aromatic N) is 2. The van der Waals surface area contributed by atoms with Crippen LogP contribution in [0.5, 0.6) is 0 Å². The molecule has 1 aliphatic rings. The molecule has 1 N–H and O–H groups in total. The topological polar surface area (TPSA) is 53.4 Å². The lowest BCUT2D eigenvalue weighted by Gasteiger charge is -2.34. The number of hydrogen-bond donors (Lipinski definition) is 1. The smallest absolute Gasteiger partial charge is 0.335 e. The lowest BCUT2D eigenvalue weighted by atomic mass is 9.94. The highest BCUT2D eigenvalue weighted by Crippen LogP contribution is 2.27. The van der Waals surface area contributed by atoms with E-state index in [1.807, 2.05) is 0 Å². The second kappa shape index (κ2) is 7.43. The molecule has 0 atom stereocenters. The first-order valence-electron chi connectivity index (χ1n) is 8.16. The van der Waals surface area contributed by atoms with E-state index >= 15 is 0 Å². The Morgan fingerprint density at radius 2 is 2.00 bits per heavy atom. The van der Waals surface area contributed by atoms with Gasteiger partial charge in [0.15, 0.2) is 0 Å². The van der Waals surface area contributed by atoms with E-state index in [0.29, 0.717) is 11.6 Å². The molecule has 2 rings (SSSR count). The Hall–Kier alpha value is -1.58.